The molecule has 0 aliphatic rings. The fourth-order valence-corrected chi connectivity index (χ4v) is 1.27. The van der Waals surface area contributed by atoms with Gasteiger partial charge in [-0.1, -0.05) is 32.9 Å². The standard InChI is InChI=1S/C12H22F2/c1-9(2)11(4)8-12(14)10(3)6-5-7-13/h9-10,12H,4-8H2,1-3H3. The Bertz CT molecular complexity index is 164. The first-order valence-electron chi connectivity index (χ1n) is 5.36. The van der Waals surface area contributed by atoms with Crippen LogP contribution in [0.15, 0.2) is 12.2 Å². The first-order valence-corrected chi connectivity index (χ1v) is 5.36. The van der Waals surface area contributed by atoms with E-state index in [-0.39, 0.29) is 12.6 Å². The van der Waals surface area contributed by atoms with Crippen LogP contribution in [0.25, 0.3) is 0 Å². The lowest BCUT2D eigenvalue weighted by molar-refractivity contribution is 0.219. The van der Waals surface area contributed by atoms with Crippen molar-refractivity contribution in [3.05, 3.63) is 12.2 Å². The van der Waals surface area contributed by atoms with Crippen LogP contribution in [-0.4, -0.2) is 12.8 Å². The van der Waals surface area contributed by atoms with Crippen molar-refractivity contribution < 1.29 is 8.78 Å². The molecule has 84 valence electrons. The molecule has 0 aromatic carbocycles. The molecule has 2 atom stereocenters. The van der Waals surface area contributed by atoms with E-state index in [1.807, 2.05) is 20.8 Å². The quantitative estimate of drug-likeness (QED) is 0.542. The number of halogens is 2. The highest BCUT2D eigenvalue weighted by molar-refractivity contribution is 4.99. The summed E-state index contributed by atoms with van der Waals surface area (Å²) in [6.07, 6.45) is 0.653. The third-order valence-corrected chi connectivity index (χ3v) is 2.68. The van der Waals surface area contributed by atoms with E-state index < -0.39 is 6.17 Å². The molecular formula is C12H22F2. The molecule has 0 aromatic rings. The van der Waals surface area contributed by atoms with Gasteiger partial charge in [-0.25, -0.2) is 4.39 Å². The summed E-state index contributed by atoms with van der Waals surface area (Å²) < 4.78 is 25.4. The van der Waals surface area contributed by atoms with Gasteiger partial charge >= 0.3 is 0 Å². The molecule has 2 unspecified atom stereocenters. The van der Waals surface area contributed by atoms with E-state index in [4.69, 9.17) is 0 Å². The molecule has 0 saturated carbocycles. The monoisotopic (exact) mass is 204 g/mol. The van der Waals surface area contributed by atoms with Crippen LogP contribution in [0.4, 0.5) is 8.78 Å². The molecule has 0 fully saturated rings. The van der Waals surface area contributed by atoms with Gasteiger partial charge in [0.25, 0.3) is 0 Å². The fraction of sp³-hybridized carbons (Fsp3) is 0.833. The van der Waals surface area contributed by atoms with Crippen LogP contribution >= 0.6 is 0 Å². The van der Waals surface area contributed by atoms with E-state index in [2.05, 4.69) is 6.58 Å². The Morgan fingerprint density at radius 2 is 1.86 bits per heavy atom. The number of hydrogen-bond acceptors (Lipinski definition) is 0. The molecule has 14 heavy (non-hydrogen) atoms. The molecule has 0 aliphatic carbocycles. The van der Waals surface area contributed by atoms with Crippen LogP contribution in [0.1, 0.15) is 40.0 Å². The van der Waals surface area contributed by atoms with Gasteiger partial charge in [0.1, 0.15) is 6.17 Å². The minimum absolute atomic E-state index is 0.0544. The van der Waals surface area contributed by atoms with Crippen molar-refractivity contribution in [2.75, 3.05) is 6.67 Å². The van der Waals surface area contributed by atoms with E-state index in [1.165, 1.54) is 0 Å². The zero-order chi connectivity index (χ0) is 11.1. The van der Waals surface area contributed by atoms with E-state index in [0.717, 1.165) is 5.57 Å². The molecule has 0 rings (SSSR count). The van der Waals surface area contributed by atoms with Crippen molar-refractivity contribution >= 4 is 0 Å². The van der Waals surface area contributed by atoms with Crippen LogP contribution in [0.2, 0.25) is 0 Å². The number of alkyl halides is 2. The van der Waals surface area contributed by atoms with Crippen LogP contribution < -0.4 is 0 Å². The number of rotatable bonds is 7. The summed E-state index contributed by atoms with van der Waals surface area (Å²) in [5.41, 5.74) is 0.949. The Labute approximate surface area is 86.4 Å². The topological polar surface area (TPSA) is 0 Å². The molecule has 2 heteroatoms. The van der Waals surface area contributed by atoms with Crippen LogP contribution in [-0.2, 0) is 0 Å². The highest BCUT2D eigenvalue weighted by Crippen LogP contribution is 2.23. The predicted molar refractivity (Wildman–Crippen MR) is 57.9 cm³/mol. The molecule has 0 bridgehead atoms. The Kier molecular flexibility index (Phi) is 6.77. The van der Waals surface area contributed by atoms with Gasteiger partial charge in [0.2, 0.25) is 0 Å². The largest absolute Gasteiger partial charge is 0.251 e. The summed E-state index contributed by atoms with van der Waals surface area (Å²) in [7, 11) is 0. The highest BCUT2D eigenvalue weighted by atomic mass is 19.1. The Morgan fingerprint density at radius 3 is 2.29 bits per heavy atom. The summed E-state index contributed by atoms with van der Waals surface area (Å²) >= 11 is 0. The van der Waals surface area contributed by atoms with Crippen molar-refractivity contribution in [3.63, 3.8) is 0 Å². The van der Waals surface area contributed by atoms with E-state index >= 15 is 0 Å². The SMILES string of the molecule is C=C(CC(F)C(C)CCCF)C(C)C. The molecule has 0 aliphatic heterocycles. The Balaban J connectivity index is 3.82. The van der Waals surface area contributed by atoms with Crippen molar-refractivity contribution in [1.82, 2.24) is 0 Å². The Morgan fingerprint density at radius 1 is 1.29 bits per heavy atom. The zero-order valence-electron chi connectivity index (χ0n) is 9.52. The summed E-state index contributed by atoms with van der Waals surface area (Å²) in [6, 6.07) is 0. The first-order chi connectivity index (χ1) is 6.49. The lowest BCUT2D eigenvalue weighted by atomic mass is 9.91. The molecule has 0 N–H and O–H groups in total. The fourth-order valence-electron chi connectivity index (χ4n) is 1.27. The lowest BCUT2D eigenvalue weighted by Crippen LogP contribution is -2.15. The van der Waals surface area contributed by atoms with Gasteiger partial charge in [0, 0.05) is 0 Å². The average Bonchev–Trinajstić information content (AvgIpc) is 2.13. The number of allylic oxidation sites excluding steroid dienone is 1. The minimum Gasteiger partial charge on any atom is -0.251 e. The Hall–Kier alpha value is -0.400. The molecule has 0 saturated heterocycles. The first kappa shape index (κ1) is 13.6. The van der Waals surface area contributed by atoms with Gasteiger partial charge in [-0.15, -0.1) is 0 Å². The molecule has 0 nitrogen and oxygen atoms in total. The van der Waals surface area contributed by atoms with Gasteiger partial charge in [-0.2, -0.15) is 0 Å². The normalized spacial score (nSPS) is 15.6. The summed E-state index contributed by atoms with van der Waals surface area (Å²) in [5, 5.41) is 0. The van der Waals surface area contributed by atoms with Crippen molar-refractivity contribution in [2.45, 2.75) is 46.2 Å². The van der Waals surface area contributed by atoms with Crippen LogP contribution in [0.3, 0.4) is 0 Å². The van der Waals surface area contributed by atoms with Gasteiger partial charge < -0.3 is 0 Å². The smallest absolute Gasteiger partial charge is 0.106 e. The third kappa shape index (κ3) is 5.36. The van der Waals surface area contributed by atoms with Crippen LogP contribution in [0.5, 0.6) is 0 Å². The average molecular weight is 204 g/mol. The molecular weight excluding hydrogens is 182 g/mol. The summed E-state index contributed by atoms with van der Waals surface area (Å²) in [4.78, 5) is 0. The lowest BCUT2D eigenvalue weighted by Gasteiger charge is -2.18. The second-order valence-corrected chi connectivity index (χ2v) is 4.34. The predicted octanol–water partition coefficient (Wildman–Crippen LogP) is 4.31. The molecule has 0 spiro atoms. The van der Waals surface area contributed by atoms with Gasteiger partial charge in [0.15, 0.2) is 0 Å². The molecule has 0 amide bonds. The van der Waals surface area contributed by atoms with Crippen molar-refractivity contribution in [3.8, 4) is 0 Å². The van der Waals surface area contributed by atoms with Crippen molar-refractivity contribution in [1.29, 1.82) is 0 Å². The second kappa shape index (κ2) is 6.97. The summed E-state index contributed by atoms with van der Waals surface area (Å²) in [6.45, 7) is 9.37. The van der Waals surface area contributed by atoms with Crippen LogP contribution in [0, 0.1) is 11.8 Å². The van der Waals surface area contributed by atoms with E-state index in [0.29, 0.717) is 25.2 Å². The minimum atomic E-state index is -0.864. The molecule has 0 heterocycles. The molecule has 0 aromatic heterocycles. The van der Waals surface area contributed by atoms with Gasteiger partial charge in [-0.05, 0) is 31.1 Å². The van der Waals surface area contributed by atoms with Gasteiger partial charge in [-0.3, -0.25) is 4.39 Å². The highest BCUT2D eigenvalue weighted by Gasteiger charge is 2.17. The maximum Gasteiger partial charge on any atom is 0.106 e. The summed E-state index contributed by atoms with van der Waals surface area (Å²) in [5.74, 6) is 0.280. The second-order valence-electron chi connectivity index (χ2n) is 4.34. The maximum absolute atomic E-state index is 13.5. The molecule has 0 radical (unpaired) electrons. The zero-order valence-corrected chi connectivity index (χ0v) is 9.52. The third-order valence-electron chi connectivity index (χ3n) is 2.68. The van der Waals surface area contributed by atoms with E-state index in [9.17, 15) is 8.78 Å². The van der Waals surface area contributed by atoms with E-state index in [1.54, 1.807) is 0 Å². The number of hydrogen-bond donors (Lipinski definition) is 0. The van der Waals surface area contributed by atoms with Crippen molar-refractivity contribution in [2.24, 2.45) is 11.8 Å². The maximum atomic E-state index is 13.5. The van der Waals surface area contributed by atoms with Gasteiger partial charge in [0.05, 0.1) is 6.67 Å².